The number of hydrogen-bond acceptors (Lipinski definition) is 3. The first-order chi connectivity index (χ1) is 5.74. The summed E-state index contributed by atoms with van der Waals surface area (Å²) in [6.07, 6.45) is 0. The third-order valence-electron chi connectivity index (χ3n) is 1.55. The van der Waals surface area contributed by atoms with Crippen LogP contribution in [-0.2, 0) is 4.79 Å². The highest BCUT2D eigenvalue weighted by Crippen LogP contribution is 2.16. The molecule has 0 aromatic carbocycles. The third kappa shape index (κ3) is 2.41. The molecule has 1 N–H and O–H groups in total. The van der Waals surface area contributed by atoms with Gasteiger partial charge in [-0.1, -0.05) is 11.8 Å². The van der Waals surface area contributed by atoms with Crippen LogP contribution in [0.4, 0.5) is 4.79 Å². The fraction of sp³-hybridized carbons (Fsp3) is 0.714. The second-order valence-corrected chi connectivity index (χ2v) is 3.54. The molecule has 1 heterocycles. The summed E-state index contributed by atoms with van der Waals surface area (Å²) in [4.78, 5) is 23.6. The van der Waals surface area contributed by atoms with Crippen LogP contribution < -0.4 is 5.32 Å². The van der Waals surface area contributed by atoms with Crippen molar-refractivity contribution >= 4 is 22.9 Å². The van der Waals surface area contributed by atoms with Gasteiger partial charge in [-0.05, 0) is 6.92 Å². The molecule has 0 saturated carbocycles. The van der Waals surface area contributed by atoms with E-state index in [4.69, 9.17) is 0 Å². The van der Waals surface area contributed by atoms with Gasteiger partial charge >= 0.3 is 0 Å². The molecule has 12 heavy (non-hydrogen) atoms. The van der Waals surface area contributed by atoms with Gasteiger partial charge in [0.15, 0.2) is 0 Å². The summed E-state index contributed by atoms with van der Waals surface area (Å²) in [6.45, 7) is 3.38. The van der Waals surface area contributed by atoms with E-state index in [9.17, 15) is 9.59 Å². The lowest BCUT2D eigenvalue weighted by molar-refractivity contribution is -0.121. The Labute approximate surface area is 75.7 Å². The predicted octanol–water partition coefficient (Wildman–Crippen LogP) is 0.291. The van der Waals surface area contributed by atoms with Crippen molar-refractivity contribution in [1.29, 1.82) is 0 Å². The highest BCUT2D eigenvalue weighted by atomic mass is 32.2. The van der Waals surface area contributed by atoms with Gasteiger partial charge < -0.3 is 10.2 Å². The van der Waals surface area contributed by atoms with Crippen LogP contribution in [0.1, 0.15) is 6.92 Å². The average molecular weight is 188 g/mol. The second-order valence-electron chi connectivity index (χ2n) is 2.49. The molecule has 0 unspecified atom stereocenters. The number of nitrogens with zero attached hydrogens (tertiary/aromatic N) is 1. The summed E-state index contributed by atoms with van der Waals surface area (Å²) in [5.74, 6) is 0.728. The molecule has 68 valence electrons. The average Bonchev–Trinajstić information content (AvgIpc) is 2.37. The molecule has 2 amide bonds. The maximum Gasteiger partial charge on any atom is 0.282 e. The Balaban J connectivity index is 2.30. The summed E-state index contributed by atoms with van der Waals surface area (Å²) in [6, 6.07) is 0. The van der Waals surface area contributed by atoms with Gasteiger partial charge in [-0.3, -0.25) is 9.59 Å². The zero-order valence-electron chi connectivity index (χ0n) is 7.00. The smallest absolute Gasteiger partial charge is 0.282 e. The standard InChI is InChI=1S/C7H12N2O2S/c1-2-8-6(10)5-9-3-4-12-7(9)11/h2-5H2,1H3,(H,8,10). The van der Waals surface area contributed by atoms with Crippen molar-refractivity contribution in [2.24, 2.45) is 0 Å². The molecule has 1 aliphatic heterocycles. The highest BCUT2D eigenvalue weighted by Gasteiger charge is 2.22. The zero-order valence-corrected chi connectivity index (χ0v) is 7.82. The van der Waals surface area contributed by atoms with Crippen LogP contribution in [0.5, 0.6) is 0 Å². The quantitative estimate of drug-likeness (QED) is 0.692. The Hall–Kier alpha value is -0.710. The maximum atomic E-state index is 11.0. The Morgan fingerprint density at radius 2 is 2.50 bits per heavy atom. The van der Waals surface area contributed by atoms with Crippen LogP contribution in [-0.4, -0.2) is 41.4 Å². The molecule has 0 spiro atoms. The Morgan fingerprint density at radius 3 is 3.00 bits per heavy atom. The molecule has 0 atom stereocenters. The summed E-state index contributed by atoms with van der Waals surface area (Å²) in [5, 5.41) is 2.67. The van der Waals surface area contributed by atoms with Crippen molar-refractivity contribution < 1.29 is 9.59 Å². The topological polar surface area (TPSA) is 49.4 Å². The van der Waals surface area contributed by atoms with E-state index < -0.39 is 0 Å². The fourth-order valence-electron chi connectivity index (χ4n) is 0.996. The molecule has 0 aliphatic carbocycles. The van der Waals surface area contributed by atoms with Crippen LogP contribution in [0.15, 0.2) is 0 Å². The van der Waals surface area contributed by atoms with Crippen molar-refractivity contribution in [3.05, 3.63) is 0 Å². The van der Waals surface area contributed by atoms with Crippen molar-refractivity contribution in [2.75, 3.05) is 25.4 Å². The van der Waals surface area contributed by atoms with Crippen LogP contribution in [0.25, 0.3) is 0 Å². The van der Waals surface area contributed by atoms with Gasteiger partial charge in [0.2, 0.25) is 5.91 Å². The monoisotopic (exact) mass is 188 g/mol. The van der Waals surface area contributed by atoms with Gasteiger partial charge in [0, 0.05) is 18.8 Å². The molecular formula is C7H12N2O2S. The van der Waals surface area contributed by atoms with Crippen LogP contribution in [0, 0.1) is 0 Å². The number of nitrogens with one attached hydrogen (secondary N) is 1. The highest BCUT2D eigenvalue weighted by molar-refractivity contribution is 8.13. The molecular weight excluding hydrogens is 176 g/mol. The van der Waals surface area contributed by atoms with Gasteiger partial charge in [-0.25, -0.2) is 0 Å². The lowest BCUT2D eigenvalue weighted by Gasteiger charge is -2.12. The SMILES string of the molecule is CCNC(=O)CN1CCSC1=O. The van der Waals surface area contributed by atoms with E-state index in [0.717, 1.165) is 5.75 Å². The van der Waals surface area contributed by atoms with E-state index >= 15 is 0 Å². The molecule has 1 aliphatic rings. The minimum atomic E-state index is -0.0756. The number of carbonyl (C=O) groups excluding carboxylic acids is 2. The minimum Gasteiger partial charge on any atom is -0.355 e. The molecule has 0 radical (unpaired) electrons. The first-order valence-electron chi connectivity index (χ1n) is 3.92. The molecule has 4 nitrogen and oxygen atoms in total. The number of likely N-dealkylation sites (N-methyl/N-ethyl adjacent to an activating group) is 1. The third-order valence-corrected chi connectivity index (χ3v) is 2.45. The molecule has 0 aromatic heterocycles. The van der Waals surface area contributed by atoms with Crippen molar-refractivity contribution in [3.63, 3.8) is 0 Å². The predicted molar refractivity (Wildman–Crippen MR) is 48.1 cm³/mol. The zero-order chi connectivity index (χ0) is 8.97. The van der Waals surface area contributed by atoms with E-state index in [-0.39, 0.29) is 17.7 Å². The molecule has 1 fully saturated rings. The van der Waals surface area contributed by atoms with Gasteiger partial charge in [0.05, 0.1) is 0 Å². The fourth-order valence-corrected chi connectivity index (χ4v) is 1.82. The van der Waals surface area contributed by atoms with Crippen molar-refractivity contribution in [3.8, 4) is 0 Å². The van der Waals surface area contributed by atoms with Crippen LogP contribution in [0.2, 0.25) is 0 Å². The van der Waals surface area contributed by atoms with E-state index in [1.54, 1.807) is 4.90 Å². The van der Waals surface area contributed by atoms with Gasteiger partial charge in [0.1, 0.15) is 6.54 Å². The molecule has 5 heteroatoms. The lowest BCUT2D eigenvalue weighted by Crippen LogP contribution is -2.37. The molecule has 0 bridgehead atoms. The van der Waals surface area contributed by atoms with Crippen molar-refractivity contribution in [2.45, 2.75) is 6.92 Å². The van der Waals surface area contributed by atoms with E-state index in [1.165, 1.54) is 11.8 Å². The summed E-state index contributed by atoms with van der Waals surface area (Å²) in [7, 11) is 0. The van der Waals surface area contributed by atoms with Crippen molar-refractivity contribution in [1.82, 2.24) is 10.2 Å². The van der Waals surface area contributed by atoms with E-state index in [1.807, 2.05) is 6.92 Å². The van der Waals surface area contributed by atoms with Crippen LogP contribution in [0.3, 0.4) is 0 Å². The minimum absolute atomic E-state index is 0.0150. The van der Waals surface area contributed by atoms with E-state index in [2.05, 4.69) is 5.32 Å². The Kier molecular flexibility index (Phi) is 3.40. The Morgan fingerprint density at radius 1 is 1.75 bits per heavy atom. The number of carbonyl (C=O) groups is 2. The largest absolute Gasteiger partial charge is 0.355 e. The Bertz CT molecular complexity index is 196. The number of thioether (sulfide) groups is 1. The van der Waals surface area contributed by atoms with Gasteiger partial charge in [-0.15, -0.1) is 0 Å². The summed E-state index contributed by atoms with van der Waals surface area (Å²) in [5.41, 5.74) is 0. The summed E-state index contributed by atoms with van der Waals surface area (Å²) >= 11 is 1.27. The maximum absolute atomic E-state index is 11.0. The number of hydrogen-bond donors (Lipinski definition) is 1. The molecule has 0 aromatic rings. The first-order valence-corrected chi connectivity index (χ1v) is 4.91. The molecule has 1 saturated heterocycles. The normalized spacial score (nSPS) is 16.8. The lowest BCUT2D eigenvalue weighted by atomic mass is 10.5. The summed E-state index contributed by atoms with van der Waals surface area (Å²) < 4.78 is 0. The number of amides is 2. The van der Waals surface area contributed by atoms with E-state index in [0.29, 0.717) is 13.1 Å². The van der Waals surface area contributed by atoms with Gasteiger partial charge in [-0.2, -0.15) is 0 Å². The molecule has 1 rings (SSSR count). The number of rotatable bonds is 3. The first kappa shape index (κ1) is 9.38. The second kappa shape index (κ2) is 4.35. The van der Waals surface area contributed by atoms with Gasteiger partial charge in [0.25, 0.3) is 5.24 Å². The van der Waals surface area contributed by atoms with Crippen LogP contribution >= 0.6 is 11.8 Å².